The van der Waals surface area contributed by atoms with Crippen LogP contribution in [0.15, 0.2) is 30.6 Å². The van der Waals surface area contributed by atoms with Gasteiger partial charge in [-0.05, 0) is 31.4 Å². The summed E-state index contributed by atoms with van der Waals surface area (Å²) in [6, 6.07) is 5.17. The van der Waals surface area contributed by atoms with Gasteiger partial charge in [-0.2, -0.15) is 9.97 Å². The molecule has 3 aromatic rings. The second-order valence-electron chi connectivity index (χ2n) is 10.2. The maximum Gasteiger partial charge on any atom is 0.319 e. The number of hydrogen-bond acceptors (Lipinski definition) is 8. The smallest absolute Gasteiger partial charge is 0.319 e. The lowest BCUT2D eigenvalue weighted by Gasteiger charge is -2.34. The molecule has 2 bridgehead atoms. The monoisotopic (exact) mass is 519 g/mol. The molecule has 11 heteroatoms. The Morgan fingerprint density at radius 3 is 2.71 bits per heavy atom. The lowest BCUT2D eigenvalue weighted by molar-refractivity contribution is -0.128. The number of rotatable bonds is 5. The SMILES string of the molecule is CCOc1nc(N2CC3CCC(C2)N3)c2cnc(C3=CN(C(=O)[C@@H]4CN4)Cc4cccc(F)c43)c(F)c2n1. The Bertz CT molecular complexity index is 1480. The normalized spacial score (nSPS) is 23.9. The first kappa shape index (κ1) is 23.4. The highest BCUT2D eigenvalue weighted by Crippen LogP contribution is 2.38. The maximum absolute atomic E-state index is 16.4. The number of anilines is 1. The molecular weight excluding hydrogens is 492 g/mol. The molecule has 0 saturated carbocycles. The molecule has 0 aliphatic carbocycles. The largest absolute Gasteiger partial charge is 0.464 e. The van der Waals surface area contributed by atoms with Crippen LogP contribution >= 0.6 is 0 Å². The Labute approximate surface area is 217 Å². The summed E-state index contributed by atoms with van der Waals surface area (Å²) in [7, 11) is 0. The van der Waals surface area contributed by atoms with Gasteiger partial charge in [0.05, 0.1) is 24.6 Å². The number of nitrogens with zero attached hydrogens (tertiary/aromatic N) is 5. The van der Waals surface area contributed by atoms with Gasteiger partial charge >= 0.3 is 6.01 Å². The summed E-state index contributed by atoms with van der Waals surface area (Å²) in [5.41, 5.74) is 1.02. The molecule has 9 nitrogen and oxygen atoms in total. The lowest BCUT2D eigenvalue weighted by atomic mass is 9.93. The Morgan fingerprint density at radius 1 is 1.18 bits per heavy atom. The van der Waals surface area contributed by atoms with E-state index in [0.717, 1.165) is 25.9 Å². The van der Waals surface area contributed by atoms with Crippen molar-refractivity contribution in [3.8, 4) is 6.01 Å². The van der Waals surface area contributed by atoms with Gasteiger partial charge in [0.25, 0.3) is 0 Å². The summed E-state index contributed by atoms with van der Waals surface area (Å²) in [5, 5.41) is 7.06. The highest BCUT2D eigenvalue weighted by Gasteiger charge is 2.37. The number of halogens is 2. The molecule has 2 aromatic heterocycles. The number of aromatic nitrogens is 3. The minimum Gasteiger partial charge on any atom is -0.464 e. The number of amides is 1. The molecule has 2 unspecified atom stereocenters. The number of carbonyl (C=O) groups excluding carboxylic acids is 1. The van der Waals surface area contributed by atoms with Crippen LogP contribution in [0.25, 0.3) is 16.5 Å². The summed E-state index contributed by atoms with van der Waals surface area (Å²) in [5.74, 6) is -0.767. The first-order chi connectivity index (χ1) is 18.5. The van der Waals surface area contributed by atoms with Crippen molar-refractivity contribution in [2.45, 2.75) is 44.4 Å². The third kappa shape index (κ3) is 3.88. The maximum atomic E-state index is 16.4. The average molecular weight is 520 g/mol. The molecule has 1 aromatic carbocycles. The van der Waals surface area contributed by atoms with Gasteiger partial charge in [-0.3, -0.25) is 9.78 Å². The van der Waals surface area contributed by atoms with Gasteiger partial charge in [0.15, 0.2) is 5.82 Å². The zero-order valence-corrected chi connectivity index (χ0v) is 20.9. The standard InChI is InChI=1S/C27H27F2N7O2/c1-2-38-27-33-24-17(25(34-27)35-11-15-6-7-16(12-35)32-15)8-31-23(22(24)29)18-13-36(26(37)20-9-30-20)10-14-4-3-5-19(28)21(14)18/h3-5,8,13,15-16,20,30,32H,2,6-7,9-12H2,1H3/t15?,16?,20-/m0/s1. The number of nitrogens with one attached hydrogen (secondary N) is 2. The Hall–Kier alpha value is -3.70. The van der Waals surface area contributed by atoms with E-state index in [2.05, 4.69) is 30.5 Å². The van der Waals surface area contributed by atoms with E-state index in [9.17, 15) is 4.79 Å². The number of piperazine rings is 1. The molecule has 0 spiro atoms. The van der Waals surface area contributed by atoms with Crippen LogP contribution in [0.4, 0.5) is 14.6 Å². The van der Waals surface area contributed by atoms with Crippen molar-refractivity contribution in [3.63, 3.8) is 0 Å². The molecule has 3 fully saturated rings. The van der Waals surface area contributed by atoms with Gasteiger partial charge in [0.1, 0.15) is 22.8 Å². The molecule has 2 N–H and O–H groups in total. The van der Waals surface area contributed by atoms with Crippen molar-refractivity contribution in [2.75, 3.05) is 31.1 Å². The molecular formula is C27H27F2N7O2. The third-order valence-corrected chi connectivity index (χ3v) is 7.67. The first-order valence-corrected chi connectivity index (χ1v) is 13.0. The highest BCUT2D eigenvalue weighted by molar-refractivity contribution is 5.95. The van der Waals surface area contributed by atoms with E-state index in [1.165, 1.54) is 17.2 Å². The fraction of sp³-hybridized carbons (Fsp3) is 0.407. The summed E-state index contributed by atoms with van der Waals surface area (Å²) in [4.78, 5) is 30.0. The van der Waals surface area contributed by atoms with E-state index < -0.39 is 11.6 Å². The number of benzene rings is 1. The quantitative estimate of drug-likeness (QED) is 0.495. The van der Waals surface area contributed by atoms with Crippen LogP contribution in [0.1, 0.15) is 36.6 Å². The second-order valence-corrected chi connectivity index (χ2v) is 10.2. The Balaban J connectivity index is 1.38. The molecule has 196 valence electrons. The van der Waals surface area contributed by atoms with Crippen molar-refractivity contribution in [3.05, 3.63) is 59.1 Å². The highest BCUT2D eigenvalue weighted by atomic mass is 19.1. The molecule has 38 heavy (non-hydrogen) atoms. The third-order valence-electron chi connectivity index (χ3n) is 7.67. The van der Waals surface area contributed by atoms with Crippen molar-refractivity contribution < 1.29 is 18.3 Å². The summed E-state index contributed by atoms with van der Waals surface area (Å²) in [6.07, 6.45) is 5.23. The van der Waals surface area contributed by atoms with Crippen LogP contribution in [0.2, 0.25) is 0 Å². The van der Waals surface area contributed by atoms with Gasteiger partial charge in [0.2, 0.25) is 5.91 Å². The lowest BCUT2D eigenvalue weighted by Crippen LogP contribution is -2.51. The van der Waals surface area contributed by atoms with Crippen LogP contribution < -0.4 is 20.3 Å². The van der Waals surface area contributed by atoms with Gasteiger partial charge in [-0.25, -0.2) is 8.78 Å². The van der Waals surface area contributed by atoms with Crippen LogP contribution in [-0.4, -0.2) is 70.1 Å². The molecule has 6 heterocycles. The molecule has 7 rings (SSSR count). The number of pyridine rings is 1. The molecule has 1 amide bonds. The molecule has 3 atom stereocenters. The van der Waals surface area contributed by atoms with Crippen LogP contribution in [0.5, 0.6) is 6.01 Å². The fourth-order valence-corrected chi connectivity index (χ4v) is 5.82. The minimum absolute atomic E-state index is 0.0560. The molecule has 0 radical (unpaired) electrons. The van der Waals surface area contributed by atoms with E-state index in [0.29, 0.717) is 42.0 Å². The van der Waals surface area contributed by atoms with Crippen molar-refractivity contribution in [2.24, 2.45) is 0 Å². The Morgan fingerprint density at radius 2 is 1.97 bits per heavy atom. The second kappa shape index (κ2) is 8.95. The van der Waals surface area contributed by atoms with Gasteiger partial charge in [0, 0.05) is 55.3 Å². The minimum atomic E-state index is -0.704. The van der Waals surface area contributed by atoms with Crippen molar-refractivity contribution in [1.82, 2.24) is 30.5 Å². The predicted molar refractivity (Wildman–Crippen MR) is 136 cm³/mol. The van der Waals surface area contributed by atoms with Gasteiger partial charge < -0.3 is 25.2 Å². The zero-order valence-electron chi connectivity index (χ0n) is 20.9. The van der Waals surface area contributed by atoms with E-state index in [1.54, 1.807) is 18.3 Å². The number of hydrogen-bond donors (Lipinski definition) is 2. The summed E-state index contributed by atoms with van der Waals surface area (Å²) in [6.45, 7) is 4.42. The van der Waals surface area contributed by atoms with Crippen molar-refractivity contribution >= 4 is 28.2 Å². The molecule has 3 saturated heterocycles. The van der Waals surface area contributed by atoms with E-state index in [-0.39, 0.29) is 46.9 Å². The van der Waals surface area contributed by atoms with Crippen LogP contribution in [0, 0.1) is 11.6 Å². The molecule has 4 aliphatic rings. The number of fused-ring (bicyclic) bond motifs is 4. The average Bonchev–Trinajstić information content (AvgIpc) is 3.72. The molecule has 4 aliphatic heterocycles. The van der Waals surface area contributed by atoms with Gasteiger partial charge in [-0.1, -0.05) is 12.1 Å². The Kier molecular flexibility index (Phi) is 5.52. The van der Waals surface area contributed by atoms with Crippen LogP contribution in [0.3, 0.4) is 0 Å². The van der Waals surface area contributed by atoms with Crippen LogP contribution in [-0.2, 0) is 11.3 Å². The zero-order chi connectivity index (χ0) is 26.0. The predicted octanol–water partition coefficient (Wildman–Crippen LogP) is 2.35. The van der Waals surface area contributed by atoms with E-state index in [4.69, 9.17) is 4.74 Å². The first-order valence-electron chi connectivity index (χ1n) is 13.0. The van der Waals surface area contributed by atoms with E-state index >= 15 is 8.78 Å². The number of carbonyl (C=O) groups is 1. The summed E-state index contributed by atoms with van der Waals surface area (Å²) >= 11 is 0. The van der Waals surface area contributed by atoms with E-state index in [1.807, 2.05) is 6.92 Å². The summed E-state index contributed by atoms with van der Waals surface area (Å²) < 4.78 is 37.2. The topological polar surface area (TPSA) is 105 Å². The fourth-order valence-electron chi connectivity index (χ4n) is 5.82. The number of ether oxygens (including phenoxy) is 1. The van der Waals surface area contributed by atoms with Gasteiger partial charge in [-0.15, -0.1) is 0 Å². The van der Waals surface area contributed by atoms with Crippen molar-refractivity contribution in [1.29, 1.82) is 0 Å².